The summed E-state index contributed by atoms with van der Waals surface area (Å²) in [6.45, 7) is 13.2. The maximum atomic E-state index is 12.5. The van der Waals surface area contributed by atoms with Crippen LogP contribution >= 0.6 is 0 Å². The van der Waals surface area contributed by atoms with Crippen LogP contribution in [0.2, 0.25) is 0 Å². The molecule has 0 saturated carbocycles. The first-order chi connectivity index (χ1) is 8.67. The van der Waals surface area contributed by atoms with Crippen LogP contribution < -0.4 is 10.0 Å². The average Bonchev–Trinajstić information content (AvgIpc) is 2.54. The highest BCUT2D eigenvalue weighted by atomic mass is 32.2. The third kappa shape index (κ3) is 3.10. The summed E-state index contributed by atoms with van der Waals surface area (Å²) in [6, 6.07) is 0.155. The van der Waals surface area contributed by atoms with Crippen molar-refractivity contribution in [2.75, 3.05) is 19.7 Å². The highest BCUT2D eigenvalue weighted by Gasteiger charge is 2.56. The topological polar surface area (TPSA) is 56.3 Å². The molecule has 4 nitrogen and oxygen atoms in total. The Morgan fingerprint density at radius 1 is 1.26 bits per heavy atom. The zero-order valence-corrected chi connectivity index (χ0v) is 13.7. The van der Waals surface area contributed by atoms with E-state index in [1.165, 1.54) is 0 Å². The van der Waals surface area contributed by atoms with Crippen molar-refractivity contribution in [2.45, 2.75) is 63.9 Å². The van der Waals surface area contributed by atoms with Crippen molar-refractivity contribution in [3.8, 4) is 0 Å². The van der Waals surface area contributed by atoms with Crippen LogP contribution in [0.3, 0.4) is 0 Å². The minimum absolute atomic E-state index is 0.0260. The normalized spacial score (nSPS) is 31.6. The SMILES string of the molecule is CC1(C)COC2(CCNCC2)C1N[S@+]([O-])C(C)(C)C. The Kier molecular flexibility index (Phi) is 4.25. The molecule has 0 aromatic heterocycles. The van der Waals surface area contributed by atoms with E-state index < -0.39 is 11.4 Å². The Morgan fingerprint density at radius 2 is 1.84 bits per heavy atom. The Hall–Kier alpha value is 0.190. The number of piperidine rings is 1. The number of hydrogen-bond donors (Lipinski definition) is 2. The summed E-state index contributed by atoms with van der Waals surface area (Å²) >= 11 is -1.05. The van der Waals surface area contributed by atoms with E-state index in [0.29, 0.717) is 0 Å². The second-order valence-corrected chi connectivity index (χ2v) is 9.52. The molecule has 0 amide bonds. The first kappa shape index (κ1) is 15.6. The Balaban J connectivity index is 2.17. The molecule has 2 aliphatic rings. The molecule has 2 N–H and O–H groups in total. The van der Waals surface area contributed by atoms with Gasteiger partial charge in [-0.2, -0.15) is 0 Å². The fraction of sp³-hybridized carbons (Fsp3) is 1.00. The van der Waals surface area contributed by atoms with Gasteiger partial charge in [-0.1, -0.05) is 13.8 Å². The summed E-state index contributed by atoms with van der Waals surface area (Å²) in [5.41, 5.74) is -0.117. The molecular weight excluding hydrogens is 260 g/mol. The van der Waals surface area contributed by atoms with Crippen LogP contribution in [0, 0.1) is 5.41 Å². The number of ether oxygens (including phenoxy) is 1. The fourth-order valence-electron chi connectivity index (χ4n) is 3.04. The highest BCUT2D eigenvalue weighted by Crippen LogP contribution is 2.44. The van der Waals surface area contributed by atoms with Crippen molar-refractivity contribution in [2.24, 2.45) is 5.41 Å². The van der Waals surface area contributed by atoms with Gasteiger partial charge < -0.3 is 14.6 Å². The highest BCUT2D eigenvalue weighted by molar-refractivity contribution is 7.90. The van der Waals surface area contributed by atoms with Crippen molar-refractivity contribution in [1.82, 2.24) is 10.0 Å². The Bertz CT molecular complexity index is 322. The molecule has 0 aromatic carbocycles. The van der Waals surface area contributed by atoms with Crippen LogP contribution in [-0.2, 0) is 16.1 Å². The predicted molar refractivity (Wildman–Crippen MR) is 79.4 cm³/mol. The van der Waals surface area contributed by atoms with Gasteiger partial charge in [0, 0.05) is 16.8 Å². The Morgan fingerprint density at radius 3 is 2.37 bits per heavy atom. The fourth-order valence-corrected chi connectivity index (χ4v) is 4.14. The minimum Gasteiger partial charge on any atom is -0.598 e. The third-order valence-electron chi connectivity index (χ3n) is 4.27. The smallest absolute Gasteiger partial charge is 0.136 e. The van der Waals surface area contributed by atoms with E-state index in [-0.39, 0.29) is 21.8 Å². The van der Waals surface area contributed by atoms with Gasteiger partial charge in [-0.25, -0.2) is 0 Å². The average molecular weight is 288 g/mol. The lowest BCUT2D eigenvalue weighted by atomic mass is 9.75. The van der Waals surface area contributed by atoms with E-state index in [1.54, 1.807) is 0 Å². The molecule has 2 saturated heterocycles. The van der Waals surface area contributed by atoms with Crippen LogP contribution in [0.15, 0.2) is 0 Å². The molecule has 2 atom stereocenters. The van der Waals surface area contributed by atoms with Gasteiger partial charge in [0.2, 0.25) is 0 Å². The zero-order chi connectivity index (χ0) is 14.3. The molecule has 2 heterocycles. The van der Waals surface area contributed by atoms with Gasteiger partial charge in [-0.3, -0.25) is 0 Å². The first-order valence-corrected chi connectivity index (χ1v) is 8.35. The summed E-state index contributed by atoms with van der Waals surface area (Å²) in [7, 11) is 0. The molecule has 2 aliphatic heterocycles. The van der Waals surface area contributed by atoms with Gasteiger partial charge >= 0.3 is 0 Å². The van der Waals surface area contributed by atoms with Crippen LogP contribution in [0.25, 0.3) is 0 Å². The van der Waals surface area contributed by atoms with Crippen LogP contribution in [-0.4, -0.2) is 40.6 Å². The lowest BCUT2D eigenvalue weighted by Crippen LogP contribution is -2.60. The van der Waals surface area contributed by atoms with E-state index in [9.17, 15) is 4.55 Å². The van der Waals surface area contributed by atoms with E-state index in [2.05, 4.69) is 23.9 Å². The van der Waals surface area contributed by atoms with Gasteiger partial charge in [-0.05, 0) is 46.7 Å². The third-order valence-corrected chi connectivity index (χ3v) is 5.83. The molecule has 0 bridgehead atoms. The quantitative estimate of drug-likeness (QED) is 0.758. The van der Waals surface area contributed by atoms with Gasteiger partial charge in [0.15, 0.2) is 0 Å². The molecule has 1 unspecified atom stereocenters. The summed E-state index contributed by atoms with van der Waals surface area (Å²) < 4.78 is 21.8. The van der Waals surface area contributed by atoms with Crippen molar-refractivity contribution < 1.29 is 9.29 Å². The first-order valence-electron chi connectivity index (χ1n) is 7.20. The Labute approximate surface area is 120 Å². The monoisotopic (exact) mass is 288 g/mol. The van der Waals surface area contributed by atoms with Crippen molar-refractivity contribution in [1.29, 1.82) is 0 Å². The summed E-state index contributed by atoms with van der Waals surface area (Å²) in [5.74, 6) is 0. The van der Waals surface area contributed by atoms with Gasteiger partial charge in [0.1, 0.15) is 4.75 Å². The number of nitrogens with one attached hydrogen (secondary N) is 2. The minimum atomic E-state index is -1.05. The van der Waals surface area contributed by atoms with Crippen molar-refractivity contribution >= 4 is 11.4 Å². The van der Waals surface area contributed by atoms with E-state index in [1.807, 2.05) is 20.8 Å². The standard InChI is InChI=1S/C14H28N2O2S/c1-12(2,3)19(17)16-11-13(4,5)10-18-14(11)6-8-15-9-7-14/h11,15-16H,6-10H2,1-5H3/t11?,19-/m1/s1. The molecule has 2 fully saturated rings. The largest absolute Gasteiger partial charge is 0.598 e. The second kappa shape index (κ2) is 5.19. The summed E-state index contributed by atoms with van der Waals surface area (Å²) in [6.07, 6.45) is 1.99. The van der Waals surface area contributed by atoms with Crippen LogP contribution in [0.4, 0.5) is 0 Å². The molecule has 0 aliphatic carbocycles. The zero-order valence-electron chi connectivity index (χ0n) is 12.8. The summed E-state index contributed by atoms with van der Waals surface area (Å²) in [5, 5.41) is 3.38. The summed E-state index contributed by atoms with van der Waals surface area (Å²) in [4.78, 5) is 0. The lowest BCUT2D eigenvalue weighted by Gasteiger charge is -2.42. The maximum Gasteiger partial charge on any atom is 0.136 e. The molecule has 19 heavy (non-hydrogen) atoms. The molecule has 2 rings (SSSR count). The van der Waals surface area contributed by atoms with E-state index in [4.69, 9.17) is 4.74 Å². The molecule has 1 spiro atoms. The maximum absolute atomic E-state index is 12.5. The van der Waals surface area contributed by atoms with Crippen LogP contribution in [0.1, 0.15) is 47.5 Å². The van der Waals surface area contributed by atoms with E-state index >= 15 is 0 Å². The van der Waals surface area contributed by atoms with Gasteiger partial charge in [0.25, 0.3) is 0 Å². The van der Waals surface area contributed by atoms with Crippen molar-refractivity contribution in [3.63, 3.8) is 0 Å². The van der Waals surface area contributed by atoms with Crippen LogP contribution in [0.5, 0.6) is 0 Å². The van der Waals surface area contributed by atoms with Gasteiger partial charge in [-0.15, -0.1) is 4.72 Å². The molecule has 112 valence electrons. The number of hydrogen-bond acceptors (Lipinski definition) is 4. The molecular formula is C14H28N2O2S. The molecule has 0 aromatic rings. The van der Waals surface area contributed by atoms with E-state index in [0.717, 1.165) is 32.5 Å². The van der Waals surface area contributed by atoms with Crippen molar-refractivity contribution in [3.05, 3.63) is 0 Å². The predicted octanol–water partition coefficient (Wildman–Crippen LogP) is 1.59. The van der Waals surface area contributed by atoms with Gasteiger partial charge in [0.05, 0.1) is 18.2 Å². The molecule has 5 heteroatoms. The number of rotatable bonds is 2. The molecule has 0 radical (unpaired) electrons. The lowest BCUT2D eigenvalue weighted by molar-refractivity contribution is -0.0302. The second-order valence-electron chi connectivity index (χ2n) is 7.52.